The normalized spacial score (nSPS) is 13.2. The minimum atomic E-state index is -2.01. The zero-order valence-corrected chi connectivity index (χ0v) is 33.1. The van der Waals surface area contributed by atoms with Crippen molar-refractivity contribution in [2.75, 3.05) is 0 Å². The second-order valence-corrected chi connectivity index (χ2v) is 26.7. The second kappa shape index (κ2) is 13.9. The predicted molar refractivity (Wildman–Crippen MR) is 215 cm³/mol. The Hall–Kier alpha value is -3.85. The van der Waals surface area contributed by atoms with Crippen molar-refractivity contribution < 1.29 is 0 Å². The number of aromatic amines is 2. The number of rotatable bonds is 6. The molecule has 4 nitrogen and oxygen atoms in total. The Kier molecular flexibility index (Phi) is 10.3. The first kappa shape index (κ1) is 35.5. The van der Waals surface area contributed by atoms with E-state index in [1.807, 2.05) is 0 Å². The minimum Gasteiger partial charge on any atom is -0.355 e. The van der Waals surface area contributed by atoms with Gasteiger partial charge in [-0.1, -0.05) is 94.9 Å². The quantitative estimate of drug-likeness (QED) is 0.139. The van der Waals surface area contributed by atoms with Crippen LogP contribution in [-0.4, -0.2) is 36.1 Å². The summed E-state index contributed by atoms with van der Waals surface area (Å²) in [6.45, 7) is 28.3. The summed E-state index contributed by atoms with van der Waals surface area (Å²) in [6.07, 6.45) is 8.41. The van der Waals surface area contributed by atoms with E-state index in [-0.39, 0.29) is 0 Å². The number of nitrogens with one attached hydrogen (secondary N) is 2. The Labute approximate surface area is 291 Å². The Balaban J connectivity index is 1.91. The molecule has 0 saturated heterocycles. The lowest BCUT2D eigenvalue weighted by Crippen LogP contribution is -2.43. The van der Waals surface area contributed by atoms with Gasteiger partial charge in [0, 0.05) is 16.6 Å². The molecule has 0 spiro atoms. The summed E-state index contributed by atoms with van der Waals surface area (Å²) < 4.78 is 0. The summed E-state index contributed by atoms with van der Waals surface area (Å²) in [5.41, 5.74) is 20.5. The van der Waals surface area contributed by atoms with Crippen molar-refractivity contribution in [3.63, 3.8) is 0 Å². The van der Waals surface area contributed by atoms with Gasteiger partial charge in [-0.05, 0) is 93.9 Å². The summed E-state index contributed by atoms with van der Waals surface area (Å²) in [5, 5.41) is 0. The van der Waals surface area contributed by atoms with Crippen LogP contribution in [-0.2, 0) is 0 Å². The molecule has 0 saturated carbocycles. The molecule has 0 radical (unpaired) electrons. The van der Waals surface area contributed by atoms with E-state index in [9.17, 15) is 0 Å². The SMILES string of the molecule is CC(C)[Si](C#Cc1c2nc(cc3ccc(cc4ccc([nH]4)c(C#C[Si](C(C)C)(C(C)C)C(C)C)c4nc1C=C4)[nH]3)C=C2)(C(C)C)C(C)C. The fourth-order valence-corrected chi connectivity index (χ4v) is 19.0. The molecular formula is C42H54N4Si2. The number of hydrogen-bond acceptors (Lipinski definition) is 2. The summed E-state index contributed by atoms with van der Waals surface area (Å²) in [5.74, 6) is 7.52. The summed E-state index contributed by atoms with van der Waals surface area (Å²) in [4.78, 5) is 17.6. The molecule has 2 aliphatic rings. The molecule has 5 rings (SSSR count). The highest BCUT2D eigenvalue weighted by molar-refractivity contribution is 6.91. The molecule has 0 amide bonds. The second-order valence-electron chi connectivity index (χ2n) is 15.5. The van der Waals surface area contributed by atoms with E-state index in [1.165, 1.54) is 0 Å². The fraction of sp³-hybridized carbons (Fsp3) is 0.429. The molecule has 2 N–H and O–H groups in total. The third-order valence-corrected chi connectivity index (χ3v) is 23.5. The van der Waals surface area contributed by atoms with E-state index in [1.54, 1.807) is 0 Å². The van der Waals surface area contributed by atoms with Crippen LogP contribution in [0.4, 0.5) is 0 Å². The molecule has 3 aromatic heterocycles. The molecule has 6 heteroatoms. The van der Waals surface area contributed by atoms with E-state index in [4.69, 9.17) is 9.97 Å². The van der Waals surface area contributed by atoms with Gasteiger partial charge in [0.1, 0.15) is 16.1 Å². The number of fused-ring (bicyclic) bond motifs is 8. The maximum Gasteiger partial charge on any atom is 0.146 e. The molecule has 0 aliphatic carbocycles. The lowest BCUT2D eigenvalue weighted by atomic mass is 10.1. The predicted octanol–water partition coefficient (Wildman–Crippen LogP) is 11.8. The Morgan fingerprint density at radius 2 is 0.896 bits per heavy atom. The molecule has 5 heterocycles. The van der Waals surface area contributed by atoms with Crippen molar-refractivity contribution in [2.45, 2.75) is 116 Å². The van der Waals surface area contributed by atoms with Crippen molar-refractivity contribution in [3.8, 4) is 22.9 Å². The van der Waals surface area contributed by atoms with Gasteiger partial charge in [-0.15, -0.1) is 11.1 Å². The minimum absolute atomic E-state index is 0.528. The summed E-state index contributed by atoms with van der Waals surface area (Å²) >= 11 is 0. The van der Waals surface area contributed by atoms with Crippen LogP contribution in [0.3, 0.4) is 0 Å². The van der Waals surface area contributed by atoms with Crippen LogP contribution in [0.5, 0.6) is 0 Å². The molecule has 0 aromatic carbocycles. The largest absolute Gasteiger partial charge is 0.355 e. The molecule has 250 valence electrons. The average molecular weight is 671 g/mol. The molecule has 0 atom stereocenters. The number of aromatic nitrogens is 4. The van der Waals surface area contributed by atoms with Crippen LogP contribution >= 0.6 is 0 Å². The van der Waals surface area contributed by atoms with Gasteiger partial charge in [0.15, 0.2) is 0 Å². The molecular weight excluding hydrogens is 617 g/mol. The average Bonchev–Trinajstić information content (AvgIpc) is 3.82. The zero-order valence-electron chi connectivity index (χ0n) is 31.1. The van der Waals surface area contributed by atoms with Crippen molar-refractivity contribution in [2.24, 2.45) is 0 Å². The van der Waals surface area contributed by atoms with Gasteiger partial charge in [0.05, 0.1) is 39.4 Å². The first-order chi connectivity index (χ1) is 22.7. The van der Waals surface area contributed by atoms with Crippen molar-refractivity contribution >= 4 is 62.5 Å². The van der Waals surface area contributed by atoms with E-state index in [0.29, 0.717) is 33.2 Å². The molecule has 8 bridgehead atoms. The van der Waals surface area contributed by atoms with Gasteiger partial charge in [-0.25, -0.2) is 9.97 Å². The van der Waals surface area contributed by atoms with Gasteiger partial charge in [-0.2, -0.15) is 0 Å². The fourth-order valence-electron chi connectivity index (χ4n) is 8.54. The summed E-state index contributed by atoms with van der Waals surface area (Å²) in [7, 11) is -4.01. The highest BCUT2D eigenvalue weighted by atomic mass is 28.3. The van der Waals surface area contributed by atoms with Crippen LogP contribution in [0.1, 0.15) is 117 Å². The third-order valence-electron chi connectivity index (χ3n) is 10.9. The Morgan fingerprint density at radius 1 is 0.479 bits per heavy atom. The molecule has 3 aromatic rings. The topological polar surface area (TPSA) is 57.4 Å². The molecule has 48 heavy (non-hydrogen) atoms. The molecule has 2 aliphatic heterocycles. The zero-order chi connectivity index (χ0) is 35.0. The van der Waals surface area contributed by atoms with Gasteiger partial charge in [0.25, 0.3) is 0 Å². The maximum absolute atomic E-state index is 5.32. The van der Waals surface area contributed by atoms with E-state index in [0.717, 1.165) is 56.0 Å². The molecule has 0 unspecified atom stereocenters. The highest BCUT2D eigenvalue weighted by Crippen LogP contribution is 2.42. The van der Waals surface area contributed by atoms with E-state index < -0.39 is 16.1 Å². The van der Waals surface area contributed by atoms with Crippen molar-refractivity contribution in [1.82, 2.24) is 19.9 Å². The monoisotopic (exact) mass is 670 g/mol. The number of nitrogens with zero attached hydrogens (tertiary/aromatic N) is 2. The van der Waals surface area contributed by atoms with Gasteiger partial charge >= 0.3 is 0 Å². The standard InChI is InChI=1S/C42H54N4Si2/c1-27(2)47(28(3)4,29(5)6)23-21-37-39-17-15-35(44-39)25-33-13-14-34(43-33)26-36-16-18-40(45-36)38(42-20-19-41(37)46-42)22-24-48(30(7)8,31(9)10)32(11)12/h13-20,25-32,43-44H,1-12H3. The first-order valence-electron chi connectivity index (χ1n) is 17.9. The van der Waals surface area contributed by atoms with E-state index >= 15 is 0 Å². The number of hydrogen-bond donors (Lipinski definition) is 2. The summed E-state index contributed by atoms with van der Waals surface area (Å²) in [6, 6.07) is 12.7. The first-order valence-corrected chi connectivity index (χ1v) is 22.3. The van der Waals surface area contributed by atoms with Gasteiger partial charge in [-0.3, -0.25) is 0 Å². The van der Waals surface area contributed by atoms with Crippen LogP contribution < -0.4 is 0 Å². The number of H-pyrrole nitrogens is 2. The van der Waals surface area contributed by atoms with Gasteiger partial charge in [0.2, 0.25) is 0 Å². The maximum atomic E-state index is 5.32. The smallest absolute Gasteiger partial charge is 0.146 e. The van der Waals surface area contributed by atoms with Crippen molar-refractivity contribution in [3.05, 3.63) is 70.3 Å². The van der Waals surface area contributed by atoms with E-state index in [2.05, 4.69) is 177 Å². The Morgan fingerprint density at radius 3 is 1.44 bits per heavy atom. The lowest BCUT2D eigenvalue weighted by Gasteiger charge is -2.38. The lowest BCUT2D eigenvalue weighted by molar-refractivity contribution is 0.838. The van der Waals surface area contributed by atoms with Crippen LogP contribution in [0.2, 0.25) is 33.2 Å². The van der Waals surface area contributed by atoms with Crippen LogP contribution in [0, 0.1) is 22.9 Å². The van der Waals surface area contributed by atoms with Crippen LogP contribution in [0.25, 0.3) is 46.4 Å². The Bertz CT molecular complexity index is 1980. The van der Waals surface area contributed by atoms with Crippen LogP contribution in [0.15, 0.2) is 36.4 Å². The highest BCUT2D eigenvalue weighted by Gasteiger charge is 2.42. The molecule has 0 fully saturated rings. The van der Waals surface area contributed by atoms with Gasteiger partial charge < -0.3 is 9.97 Å². The third kappa shape index (κ3) is 6.58. The van der Waals surface area contributed by atoms with Crippen molar-refractivity contribution in [1.29, 1.82) is 0 Å².